The molecule has 4 nitrogen and oxygen atoms in total. The molecule has 0 unspecified atom stereocenters. The van der Waals surface area contributed by atoms with Crippen LogP contribution in [0, 0.1) is 11.3 Å². The molecule has 0 amide bonds. The summed E-state index contributed by atoms with van der Waals surface area (Å²) in [4.78, 5) is 4.10. The van der Waals surface area contributed by atoms with Gasteiger partial charge in [0.05, 0.1) is 18.4 Å². The van der Waals surface area contributed by atoms with Crippen LogP contribution in [0.5, 0.6) is 5.75 Å². The van der Waals surface area contributed by atoms with E-state index in [0.29, 0.717) is 23.5 Å². The van der Waals surface area contributed by atoms with Crippen LogP contribution in [-0.4, -0.2) is 12.1 Å². The summed E-state index contributed by atoms with van der Waals surface area (Å²) in [6.07, 6.45) is 3.51. The summed E-state index contributed by atoms with van der Waals surface area (Å²) in [5.74, 6) is 0.655. The molecule has 1 aromatic heterocycles. The molecular formula is C14H12BrN3O. The van der Waals surface area contributed by atoms with Crippen molar-refractivity contribution >= 4 is 21.6 Å². The van der Waals surface area contributed by atoms with Crippen molar-refractivity contribution in [3.8, 4) is 11.8 Å². The van der Waals surface area contributed by atoms with E-state index < -0.39 is 0 Å². The van der Waals surface area contributed by atoms with Crippen LogP contribution in [0.4, 0.5) is 5.69 Å². The zero-order chi connectivity index (χ0) is 13.7. The molecule has 0 bridgehead atoms. The zero-order valence-electron chi connectivity index (χ0n) is 10.4. The molecular weight excluding hydrogens is 306 g/mol. The number of nitrogens with one attached hydrogen (secondary N) is 1. The first-order valence-electron chi connectivity index (χ1n) is 5.65. The molecule has 0 aliphatic rings. The number of ether oxygens (including phenoxy) is 1. The van der Waals surface area contributed by atoms with Gasteiger partial charge in [0.1, 0.15) is 11.8 Å². The Morgan fingerprint density at radius 1 is 1.42 bits per heavy atom. The first-order valence-corrected chi connectivity index (χ1v) is 6.44. The van der Waals surface area contributed by atoms with Gasteiger partial charge in [-0.1, -0.05) is 6.07 Å². The molecule has 0 saturated heterocycles. The Kier molecular flexibility index (Phi) is 4.37. The van der Waals surface area contributed by atoms with Crippen LogP contribution >= 0.6 is 15.9 Å². The fraction of sp³-hybridized carbons (Fsp3) is 0.143. The molecule has 1 N–H and O–H groups in total. The SMILES string of the molecule is COc1cccc(C#N)c1NCc1cncc(Br)c1. The summed E-state index contributed by atoms with van der Waals surface area (Å²) in [5.41, 5.74) is 2.28. The van der Waals surface area contributed by atoms with E-state index in [2.05, 4.69) is 32.3 Å². The van der Waals surface area contributed by atoms with Crippen LogP contribution in [0.2, 0.25) is 0 Å². The second-order valence-corrected chi connectivity index (χ2v) is 4.78. The summed E-state index contributed by atoms with van der Waals surface area (Å²) >= 11 is 3.38. The van der Waals surface area contributed by atoms with E-state index in [0.717, 1.165) is 10.0 Å². The van der Waals surface area contributed by atoms with Crippen molar-refractivity contribution in [1.29, 1.82) is 5.26 Å². The first-order chi connectivity index (χ1) is 9.24. The normalized spacial score (nSPS) is 9.74. The smallest absolute Gasteiger partial charge is 0.143 e. The van der Waals surface area contributed by atoms with Crippen LogP contribution in [0.3, 0.4) is 0 Å². The molecule has 1 heterocycles. The van der Waals surface area contributed by atoms with E-state index in [1.54, 1.807) is 31.6 Å². The highest BCUT2D eigenvalue weighted by molar-refractivity contribution is 9.10. The number of nitrogens with zero attached hydrogens (tertiary/aromatic N) is 2. The number of methoxy groups -OCH3 is 1. The Balaban J connectivity index is 2.22. The molecule has 0 saturated carbocycles. The van der Waals surface area contributed by atoms with Gasteiger partial charge in [0, 0.05) is 23.4 Å². The third kappa shape index (κ3) is 3.24. The van der Waals surface area contributed by atoms with E-state index in [9.17, 15) is 0 Å². The van der Waals surface area contributed by atoms with Crippen molar-refractivity contribution in [1.82, 2.24) is 4.98 Å². The second-order valence-electron chi connectivity index (χ2n) is 3.86. The van der Waals surface area contributed by atoms with Crippen molar-refractivity contribution in [3.63, 3.8) is 0 Å². The van der Waals surface area contributed by atoms with E-state index >= 15 is 0 Å². The van der Waals surface area contributed by atoms with E-state index in [4.69, 9.17) is 10.00 Å². The minimum absolute atomic E-state index is 0.558. The van der Waals surface area contributed by atoms with Crippen LogP contribution in [0.1, 0.15) is 11.1 Å². The van der Waals surface area contributed by atoms with Gasteiger partial charge in [-0.15, -0.1) is 0 Å². The number of nitriles is 1. The molecule has 0 spiro atoms. The quantitative estimate of drug-likeness (QED) is 0.939. The number of hydrogen-bond donors (Lipinski definition) is 1. The molecule has 5 heteroatoms. The van der Waals surface area contributed by atoms with E-state index in [-0.39, 0.29) is 0 Å². The summed E-state index contributed by atoms with van der Waals surface area (Å²) in [6.45, 7) is 0.571. The Bertz CT molecular complexity index is 622. The number of aromatic nitrogens is 1. The van der Waals surface area contributed by atoms with Crippen molar-refractivity contribution in [2.75, 3.05) is 12.4 Å². The molecule has 0 aliphatic heterocycles. The lowest BCUT2D eigenvalue weighted by molar-refractivity contribution is 0.416. The highest BCUT2D eigenvalue weighted by atomic mass is 79.9. The minimum atomic E-state index is 0.558. The molecule has 19 heavy (non-hydrogen) atoms. The van der Waals surface area contributed by atoms with Gasteiger partial charge in [0.25, 0.3) is 0 Å². The maximum atomic E-state index is 9.11. The van der Waals surface area contributed by atoms with Gasteiger partial charge in [0.2, 0.25) is 0 Å². The van der Waals surface area contributed by atoms with Crippen LogP contribution in [-0.2, 0) is 6.54 Å². The number of anilines is 1. The number of benzene rings is 1. The number of para-hydroxylation sites is 1. The highest BCUT2D eigenvalue weighted by Gasteiger charge is 2.08. The molecule has 0 fully saturated rings. The highest BCUT2D eigenvalue weighted by Crippen LogP contribution is 2.28. The van der Waals surface area contributed by atoms with E-state index in [1.807, 2.05) is 12.1 Å². The van der Waals surface area contributed by atoms with Gasteiger partial charge < -0.3 is 10.1 Å². The Morgan fingerprint density at radius 2 is 2.26 bits per heavy atom. The standard InChI is InChI=1S/C14H12BrN3O/c1-19-13-4-2-3-11(6-16)14(13)18-8-10-5-12(15)9-17-7-10/h2-5,7,9,18H,8H2,1H3. The van der Waals surface area contributed by atoms with Crippen molar-refractivity contribution in [3.05, 3.63) is 52.3 Å². The first kappa shape index (κ1) is 13.4. The van der Waals surface area contributed by atoms with Crippen molar-refractivity contribution < 1.29 is 4.74 Å². The topological polar surface area (TPSA) is 57.9 Å². The summed E-state index contributed by atoms with van der Waals surface area (Å²) < 4.78 is 6.18. The lowest BCUT2D eigenvalue weighted by atomic mass is 10.1. The van der Waals surface area contributed by atoms with Gasteiger partial charge in [-0.2, -0.15) is 5.26 Å². The van der Waals surface area contributed by atoms with E-state index in [1.165, 1.54) is 0 Å². The second kappa shape index (κ2) is 6.21. The molecule has 0 aliphatic carbocycles. The van der Waals surface area contributed by atoms with Crippen LogP contribution < -0.4 is 10.1 Å². The third-order valence-electron chi connectivity index (χ3n) is 2.60. The summed E-state index contributed by atoms with van der Waals surface area (Å²) in [5, 5.41) is 12.3. The molecule has 2 aromatic rings. The molecule has 0 atom stereocenters. The predicted molar refractivity (Wildman–Crippen MR) is 77.0 cm³/mol. The fourth-order valence-electron chi connectivity index (χ4n) is 1.72. The maximum Gasteiger partial charge on any atom is 0.143 e. The summed E-state index contributed by atoms with van der Waals surface area (Å²) in [7, 11) is 1.59. The number of rotatable bonds is 4. The number of halogens is 1. The monoisotopic (exact) mass is 317 g/mol. The maximum absolute atomic E-state index is 9.11. The van der Waals surface area contributed by atoms with Gasteiger partial charge in [-0.25, -0.2) is 0 Å². The lowest BCUT2D eigenvalue weighted by Crippen LogP contribution is -2.03. The lowest BCUT2D eigenvalue weighted by Gasteiger charge is -2.12. The average Bonchev–Trinajstić information content (AvgIpc) is 2.44. The van der Waals surface area contributed by atoms with Gasteiger partial charge in [0.15, 0.2) is 0 Å². The number of hydrogen-bond acceptors (Lipinski definition) is 4. The largest absolute Gasteiger partial charge is 0.495 e. The molecule has 2 rings (SSSR count). The predicted octanol–water partition coefficient (Wildman–Crippen LogP) is 3.34. The molecule has 1 aromatic carbocycles. The Labute approximate surface area is 120 Å². The van der Waals surface area contributed by atoms with Crippen LogP contribution in [0.25, 0.3) is 0 Å². The Hall–Kier alpha value is -2.06. The van der Waals surface area contributed by atoms with Gasteiger partial charge in [-0.05, 0) is 39.7 Å². The van der Waals surface area contributed by atoms with Crippen LogP contribution in [0.15, 0.2) is 41.1 Å². The Morgan fingerprint density at radius 3 is 2.95 bits per heavy atom. The van der Waals surface area contributed by atoms with Gasteiger partial charge in [-0.3, -0.25) is 4.98 Å². The van der Waals surface area contributed by atoms with Crippen molar-refractivity contribution in [2.24, 2.45) is 0 Å². The zero-order valence-corrected chi connectivity index (χ0v) is 11.9. The minimum Gasteiger partial charge on any atom is -0.495 e. The molecule has 0 radical (unpaired) electrons. The van der Waals surface area contributed by atoms with Gasteiger partial charge >= 0.3 is 0 Å². The van der Waals surface area contributed by atoms with Crippen molar-refractivity contribution in [2.45, 2.75) is 6.54 Å². The number of pyridine rings is 1. The summed E-state index contributed by atoms with van der Waals surface area (Å²) in [6, 6.07) is 9.49. The third-order valence-corrected chi connectivity index (χ3v) is 3.03. The molecule has 96 valence electrons. The average molecular weight is 318 g/mol. The fourth-order valence-corrected chi connectivity index (χ4v) is 2.13.